The van der Waals surface area contributed by atoms with Crippen molar-refractivity contribution >= 4 is 22.5 Å². The van der Waals surface area contributed by atoms with E-state index >= 15 is 0 Å². The molecule has 0 aliphatic carbocycles. The monoisotopic (exact) mass is 411 g/mol. The first-order valence-electron chi connectivity index (χ1n) is 9.23. The summed E-state index contributed by atoms with van der Waals surface area (Å²) in [4.78, 5) is 12.9. The van der Waals surface area contributed by atoms with Gasteiger partial charge in [0.05, 0.1) is 36.6 Å². The Labute approximate surface area is 171 Å². The lowest BCUT2D eigenvalue weighted by Gasteiger charge is -2.12. The first kappa shape index (κ1) is 19.2. The number of amides is 1. The van der Waals surface area contributed by atoms with Crippen molar-refractivity contribution < 1.29 is 18.5 Å². The summed E-state index contributed by atoms with van der Waals surface area (Å²) in [6.07, 6.45) is 0. The predicted octanol–water partition coefficient (Wildman–Crippen LogP) is 3.29. The van der Waals surface area contributed by atoms with E-state index in [0.29, 0.717) is 35.2 Å². The first-order chi connectivity index (χ1) is 14.1. The Balaban J connectivity index is 1.66. The van der Waals surface area contributed by atoms with Crippen LogP contribution in [0.5, 0.6) is 11.5 Å². The molecule has 0 saturated carbocycles. The lowest BCUT2D eigenvalue weighted by molar-refractivity contribution is 0.102. The van der Waals surface area contributed by atoms with Crippen molar-refractivity contribution in [3.63, 3.8) is 0 Å². The standard InChI is InChI=1S/C21H21N3O4S/c1-3-28-17-8-4-14(5-9-17)21(25)22-20-18-12-29(26)13-19(18)23-24(20)15-6-10-16(27-2)11-7-15/h4-11H,3,12-13H2,1-2H3,(H,22,25)/t29-/m0/s1. The van der Waals surface area contributed by atoms with Gasteiger partial charge in [-0.1, -0.05) is 0 Å². The molecule has 4 rings (SSSR count). The Hall–Kier alpha value is -3.13. The molecule has 0 fully saturated rings. The van der Waals surface area contributed by atoms with Crippen LogP contribution in [0.25, 0.3) is 5.69 Å². The number of rotatable bonds is 6. The average Bonchev–Trinajstić information content (AvgIpc) is 3.25. The number of methoxy groups -OCH3 is 1. The number of hydrogen-bond donors (Lipinski definition) is 1. The lowest BCUT2D eigenvalue weighted by atomic mass is 10.2. The van der Waals surface area contributed by atoms with Crippen molar-refractivity contribution in [2.75, 3.05) is 19.0 Å². The van der Waals surface area contributed by atoms with E-state index in [2.05, 4.69) is 10.4 Å². The van der Waals surface area contributed by atoms with Crippen LogP contribution >= 0.6 is 0 Å². The maximum atomic E-state index is 12.9. The van der Waals surface area contributed by atoms with E-state index in [1.165, 1.54) is 0 Å². The zero-order valence-electron chi connectivity index (χ0n) is 16.2. The molecule has 0 radical (unpaired) electrons. The Morgan fingerprint density at radius 3 is 2.45 bits per heavy atom. The second-order valence-corrected chi connectivity index (χ2v) is 7.98. The summed E-state index contributed by atoms with van der Waals surface area (Å²) in [5.41, 5.74) is 2.86. The number of fused-ring (bicyclic) bond motifs is 1. The predicted molar refractivity (Wildman–Crippen MR) is 111 cm³/mol. The summed E-state index contributed by atoms with van der Waals surface area (Å²) >= 11 is 0. The number of ether oxygens (including phenoxy) is 2. The highest BCUT2D eigenvalue weighted by Gasteiger charge is 2.28. The van der Waals surface area contributed by atoms with E-state index in [1.807, 2.05) is 31.2 Å². The number of carbonyl (C=O) groups is 1. The van der Waals surface area contributed by atoms with Gasteiger partial charge >= 0.3 is 0 Å². The summed E-state index contributed by atoms with van der Waals surface area (Å²) in [5.74, 6) is 2.51. The minimum absolute atomic E-state index is 0.261. The normalized spacial score (nSPS) is 15.0. The molecule has 0 unspecified atom stereocenters. The van der Waals surface area contributed by atoms with E-state index in [9.17, 15) is 9.00 Å². The second-order valence-electron chi connectivity index (χ2n) is 6.52. The SMILES string of the molecule is CCOc1ccc(C(=O)Nc2c3c(nn2-c2ccc(OC)cc2)C[S@@](=O)C3)cc1. The third-order valence-corrected chi connectivity index (χ3v) is 5.85. The highest BCUT2D eigenvalue weighted by Crippen LogP contribution is 2.32. The highest BCUT2D eigenvalue weighted by molar-refractivity contribution is 7.83. The molecule has 0 saturated heterocycles. The number of aromatic nitrogens is 2. The van der Waals surface area contributed by atoms with Gasteiger partial charge < -0.3 is 14.8 Å². The molecule has 1 amide bonds. The van der Waals surface area contributed by atoms with Crippen LogP contribution in [0.1, 0.15) is 28.5 Å². The van der Waals surface area contributed by atoms with E-state index < -0.39 is 10.8 Å². The molecule has 3 aromatic rings. The molecule has 0 bridgehead atoms. The summed E-state index contributed by atoms with van der Waals surface area (Å²) < 4.78 is 24.3. The molecular weight excluding hydrogens is 390 g/mol. The number of benzene rings is 2. The van der Waals surface area contributed by atoms with Crippen LogP contribution in [0.2, 0.25) is 0 Å². The fourth-order valence-electron chi connectivity index (χ4n) is 3.22. The second kappa shape index (κ2) is 8.08. The molecule has 2 aromatic carbocycles. The van der Waals surface area contributed by atoms with Gasteiger partial charge in [-0.25, -0.2) is 4.68 Å². The van der Waals surface area contributed by atoms with Crippen molar-refractivity contribution in [3.8, 4) is 17.2 Å². The number of anilines is 1. The molecule has 1 aliphatic heterocycles. The van der Waals surface area contributed by atoms with Gasteiger partial charge in [-0.3, -0.25) is 9.00 Å². The Morgan fingerprint density at radius 2 is 1.79 bits per heavy atom. The quantitative estimate of drug-likeness (QED) is 0.673. The number of carbonyl (C=O) groups excluding carboxylic acids is 1. The summed E-state index contributed by atoms with van der Waals surface area (Å²) in [5, 5.41) is 7.56. The van der Waals surface area contributed by atoms with E-state index in [4.69, 9.17) is 9.47 Å². The van der Waals surface area contributed by atoms with Gasteiger partial charge in [0.15, 0.2) is 0 Å². The van der Waals surface area contributed by atoms with Crippen molar-refractivity contribution in [3.05, 3.63) is 65.4 Å². The molecule has 7 nitrogen and oxygen atoms in total. The van der Waals surface area contributed by atoms with Gasteiger partial charge in [0.2, 0.25) is 0 Å². The van der Waals surface area contributed by atoms with Gasteiger partial charge in [0.25, 0.3) is 5.91 Å². The molecule has 8 heteroatoms. The molecule has 29 heavy (non-hydrogen) atoms. The molecule has 1 N–H and O–H groups in total. The molecule has 1 aromatic heterocycles. The molecular formula is C21H21N3O4S. The first-order valence-corrected chi connectivity index (χ1v) is 10.7. The zero-order valence-corrected chi connectivity index (χ0v) is 17.0. The molecule has 0 spiro atoms. The van der Waals surface area contributed by atoms with Crippen LogP contribution in [-0.2, 0) is 22.3 Å². The maximum Gasteiger partial charge on any atom is 0.256 e. The average molecular weight is 411 g/mol. The lowest BCUT2D eigenvalue weighted by Crippen LogP contribution is -2.16. The topological polar surface area (TPSA) is 82.4 Å². The van der Waals surface area contributed by atoms with Crippen LogP contribution in [0.15, 0.2) is 48.5 Å². The fourth-order valence-corrected chi connectivity index (χ4v) is 4.48. The minimum atomic E-state index is -0.997. The highest BCUT2D eigenvalue weighted by atomic mass is 32.2. The van der Waals surface area contributed by atoms with Gasteiger partial charge in [0.1, 0.15) is 17.3 Å². The fraction of sp³-hybridized carbons (Fsp3) is 0.238. The number of hydrogen-bond acceptors (Lipinski definition) is 5. The zero-order chi connectivity index (χ0) is 20.4. The van der Waals surface area contributed by atoms with Crippen LogP contribution in [0.4, 0.5) is 5.82 Å². The third-order valence-electron chi connectivity index (χ3n) is 4.65. The molecule has 1 aliphatic rings. The Morgan fingerprint density at radius 1 is 1.10 bits per heavy atom. The third kappa shape index (κ3) is 3.88. The maximum absolute atomic E-state index is 12.9. The Bertz CT molecular complexity index is 1060. The van der Waals surface area contributed by atoms with Crippen LogP contribution in [-0.4, -0.2) is 33.6 Å². The molecule has 150 valence electrons. The van der Waals surface area contributed by atoms with Gasteiger partial charge in [-0.2, -0.15) is 5.10 Å². The van der Waals surface area contributed by atoms with Gasteiger partial charge in [-0.15, -0.1) is 0 Å². The van der Waals surface area contributed by atoms with Crippen LogP contribution in [0, 0.1) is 0 Å². The summed E-state index contributed by atoms with van der Waals surface area (Å²) in [6.45, 7) is 2.47. The summed E-state index contributed by atoms with van der Waals surface area (Å²) in [7, 11) is 0.610. The Kier molecular flexibility index (Phi) is 5.35. The van der Waals surface area contributed by atoms with Crippen molar-refractivity contribution in [1.82, 2.24) is 9.78 Å². The number of nitrogens with one attached hydrogen (secondary N) is 1. The van der Waals surface area contributed by atoms with Crippen molar-refractivity contribution in [2.24, 2.45) is 0 Å². The van der Waals surface area contributed by atoms with E-state index in [-0.39, 0.29) is 5.91 Å². The minimum Gasteiger partial charge on any atom is -0.497 e. The molecule has 2 heterocycles. The van der Waals surface area contributed by atoms with Crippen LogP contribution in [0.3, 0.4) is 0 Å². The summed E-state index contributed by atoms with van der Waals surface area (Å²) in [6, 6.07) is 14.3. The van der Waals surface area contributed by atoms with E-state index in [1.54, 1.807) is 36.1 Å². The molecule has 1 atom stereocenters. The van der Waals surface area contributed by atoms with Gasteiger partial charge in [-0.05, 0) is 55.5 Å². The van der Waals surface area contributed by atoms with Crippen LogP contribution < -0.4 is 14.8 Å². The number of nitrogens with zero attached hydrogens (tertiary/aromatic N) is 2. The van der Waals surface area contributed by atoms with Gasteiger partial charge in [0, 0.05) is 21.9 Å². The smallest absolute Gasteiger partial charge is 0.256 e. The van der Waals surface area contributed by atoms with Crippen molar-refractivity contribution in [1.29, 1.82) is 0 Å². The largest absolute Gasteiger partial charge is 0.497 e. The van der Waals surface area contributed by atoms with Crippen molar-refractivity contribution in [2.45, 2.75) is 18.4 Å². The van der Waals surface area contributed by atoms with E-state index in [0.717, 1.165) is 22.7 Å².